The van der Waals surface area contributed by atoms with Crippen molar-refractivity contribution in [2.45, 2.75) is 40.0 Å². The lowest BCUT2D eigenvalue weighted by Gasteiger charge is -2.07. The Morgan fingerprint density at radius 3 is 2.77 bits per heavy atom. The molecule has 0 bridgehead atoms. The Balaban J connectivity index is 2.73. The highest BCUT2D eigenvalue weighted by atomic mass is 14.2. The van der Waals surface area contributed by atoms with Crippen molar-refractivity contribution in [3.8, 4) is 0 Å². The standard InChI is InChI=1S/C13H20/c1-4-7-8-13-10-11(5-2)9-12(13)6-3/h5,7-8,10,12H,4,6,9H2,1-3H3. The van der Waals surface area contributed by atoms with E-state index in [1.165, 1.54) is 24.0 Å². The smallest absolute Gasteiger partial charge is 0.0124 e. The first-order valence-electron chi connectivity index (χ1n) is 5.35. The Morgan fingerprint density at radius 2 is 2.23 bits per heavy atom. The summed E-state index contributed by atoms with van der Waals surface area (Å²) in [5.41, 5.74) is 3.03. The molecule has 13 heavy (non-hydrogen) atoms. The molecule has 72 valence electrons. The predicted octanol–water partition coefficient (Wildman–Crippen LogP) is 4.26. The van der Waals surface area contributed by atoms with Crippen LogP contribution in [-0.2, 0) is 0 Å². The van der Waals surface area contributed by atoms with E-state index in [2.05, 4.69) is 45.1 Å². The molecule has 1 rings (SSSR count). The van der Waals surface area contributed by atoms with Crippen LogP contribution in [0.25, 0.3) is 0 Å². The molecule has 0 aromatic heterocycles. The maximum absolute atomic E-state index is 2.35. The number of allylic oxidation sites excluding steroid dienone is 6. The van der Waals surface area contributed by atoms with E-state index in [4.69, 9.17) is 0 Å². The molecular weight excluding hydrogens is 156 g/mol. The van der Waals surface area contributed by atoms with Crippen LogP contribution in [0.1, 0.15) is 40.0 Å². The molecule has 0 heteroatoms. The Bertz CT molecular complexity index is 241. The van der Waals surface area contributed by atoms with Crippen molar-refractivity contribution in [3.05, 3.63) is 35.5 Å². The van der Waals surface area contributed by atoms with Crippen molar-refractivity contribution < 1.29 is 0 Å². The summed E-state index contributed by atoms with van der Waals surface area (Å²) >= 11 is 0. The predicted molar refractivity (Wildman–Crippen MR) is 59.7 cm³/mol. The zero-order valence-corrected chi connectivity index (χ0v) is 9.01. The molecular formula is C13H20. The highest BCUT2D eigenvalue weighted by molar-refractivity contribution is 5.38. The second-order valence-corrected chi connectivity index (χ2v) is 3.63. The van der Waals surface area contributed by atoms with Gasteiger partial charge in [-0.15, -0.1) is 0 Å². The van der Waals surface area contributed by atoms with E-state index in [0.717, 1.165) is 12.3 Å². The molecule has 0 spiro atoms. The molecule has 0 aliphatic heterocycles. The summed E-state index contributed by atoms with van der Waals surface area (Å²) in [5, 5.41) is 0. The maximum atomic E-state index is 2.35. The van der Waals surface area contributed by atoms with Crippen molar-refractivity contribution in [1.29, 1.82) is 0 Å². The fourth-order valence-corrected chi connectivity index (χ4v) is 1.81. The normalized spacial score (nSPS) is 25.9. The van der Waals surface area contributed by atoms with Gasteiger partial charge in [0.1, 0.15) is 0 Å². The monoisotopic (exact) mass is 176 g/mol. The summed E-state index contributed by atoms with van der Waals surface area (Å²) in [5.74, 6) is 0.772. The fraction of sp³-hybridized carbons (Fsp3) is 0.538. The second-order valence-electron chi connectivity index (χ2n) is 3.63. The minimum atomic E-state index is 0.772. The van der Waals surface area contributed by atoms with Crippen LogP contribution in [0.4, 0.5) is 0 Å². The SMILES string of the molecule is CC=C1C=C(C=CCC)C(CC)C1. The maximum Gasteiger partial charge on any atom is -0.0124 e. The van der Waals surface area contributed by atoms with E-state index in [1.807, 2.05) is 0 Å². The number of rotatable bonds is 3. The summed E-state index contributed by atoms with van der Waals surface area (Å²) in [6, 6.07) is 0. The van der Waals surface area contributed by atoms with Gasteiger partial charge in [0, 0.05) is 0 Å². The van der Waals surface area contributed by atoms with Gasteiger partial charge in [0.15, 0.2) is 0 Å². The molecule has 1 atom stereocenters. The van der Waals surface area contributed by atoms with E-state index in [1.54, 1.807) is 0 Å². The van der Waals surface area contributed by atoms with Gasteiger partial charge in [-0.25, -0.2) is 0 Å². The van der Waals surface area contributed by atoms with Gasteiger partial charge in [0.25, 0.3) is 0 Å². The summed E-state index contributed by atoms with van der Waals surface area (Å²) in [6.07, 6.45) is 12.8. The van der Waals surface area contributed by atoms with Crippen molar-refractivity contribution in [3.63, 3.8) is 0 Å². The largest absolute Gasteiger partial charge is 0.0845 e. The molecule has 0 fully saturated rings. The minimum Gasteiger partial charge on any atom is -0.0845 e. The van der Waals surface area contributed by atoms with Crippen molar-refractivity contribution in [2.24, 2.45) is 5.92 Å². The van der Waals surface area contributed by atoms with E-state index in [-0.39, 0.29) is 0 Å². The first kappa shape index (κ1) is 10.3. The molecule has 0 nitrogen and oxygen atoms in total. The molecule has 1 aliphatic carbocycles. The van der Waals surface area contributed by atoms with Gasteiger partial charge in [-0.2, -0.15) is 0 Å². The summed E-state index contributed by atoms with van der Waals surface area (Å²) in [7, 11) is 0. The zero-order valence-electron chi connectivity index (χ0n) is 9.01. The lowest BCUT2D eigenvalue weighted by Crippen LogP contribution is -1.94. The van der Waals surface area contributed by atoms with Crippen LogP contribution in [0.5, 0.6) is 0 Å². The van der Waals surface area contributed by atoms with Crippen LogP contribution in [0.3, 0.4) is 0 Å². The molecule has 1 aliphatic rings. The van der Waals surface area contributed by atoms with Crippen LogP contribution in [0, 0.1) is 5.92 Å². The number of hydrogen-bond acceptors (Lipinski definition) is 0. The Kier molecular flexibility index (Phi) is 4.01. The fourth-order valence-electron chi connectivity index (χ4n) is 1.81. The first-order chi connectivity index (χ1) is 6.31. The average Bonchev–Trinajstić information content (AvgIpc) is 2.57. The van der Waals surface area contributed by atoms with Crippen LogP contribution in [-0.4, -0.2) is 0 Å². The van der Waals surface area contributed by atoms with Gasteiger partial charge in [-0.1, -0.05) is 43.7 Å². The third-order valence-electron chi connectivity index (χ3n) is 2.72. The summed E-state index contributed by atoms with van der Waals surface area (Å²) in [6.45, 7) is 6.59. The molecule has 0 amide bonds. The summed E-state index contributed by atoms with van der Waals surface area (Å²) in [4.78, 5) is 0. The van der Waals surface area contributed by atoms with Crippen molar-refractivity contribution >= 4 is 0 Å². The van der Waals surface area contributed by atoms with E-state index in [9.17, 15) is 0 Å². The van der Waals surface area contributed by atoms with Gasteiger partial charge in [0.05, 0.1) is 0 Å². The van der Waals surface area contributed by atoms with Crippen molar-refractivity contribution in [1.82, 2.24) is 0 Å². The van der Waals surface area contributed by atoms with Gasteiger partial charge in [-0.3, -0.25) is 0 Å². The molecule has 0 saturated carbocycles. The lowest BCUT2D eigenvalue weighted by molar-refractivity contribution is 0.627. The molecule has 0 radical (unpaired) electrons. The highest BCUT2D eigenvalue weighted by Crippen LogP contribution is 2.32. The Labute approximate surface area is 82.0 Å². The molecule has 0 aromatic carbocycles. The lowest BCUT2D eigenvalue weighted by atomic mass is 9.97. The number of hydrogen-bond donors (Lipinski definition) is 0. The van der Waals surface area contributed by atoms with E-state index < -0.39 is 0 Å². The van der Waals surface area contributed by atoms with Gasteiger partial charge < -0.3 is 0 Å². The Hall–Kier alpha value is -0.780. The second kappa shape index (κ2) is 5.06. The van der Waals surface area contributed by atoms with Gasteiger partial charge in [-0.05, 0) is 37.7 Å². The molecule has 0 heterocycles. The van der Waals surface area contributed by atoms with Gasteiger partial charge >= 0.3 is 0 Å². The third kappa shape index (κ3) is 2.58. The van der Waals surface area contributed by atoms with Gasteiger partial charge in [0.2, 0.25) is 0 Å². The van der Waals surface area contributed by atoms with E-state index >= 15 is 0 Å². The molecule has 0 aromatic rings. The first-order valence-corrected chi connectivity index (χ1v) is 5.35. The quantitative estimate of drug-likeness (QED) is 0.603. The van der Waals surface area contributed by atoms with Crippen LogP contribution >= 0.6 is 0 Å². The highest BCUT2D eigenvalue weighted by Gasteiger charge is 2.17. The average molecular weight is 176 g/mol. The van der Waals surface area contributed by atoms with Crippen LogP contribution in [0.15, 0.2) is 35.5 Å². The molecule has 1 unspecified atom stereocenters. The topological polar surface area (TPSA) is 0 Å². The molecule has 0 N–H and O–H groups in total. The van der Waals surface area contributed by atoms with E-state index in [0.29, 0.717) is 0 Å². The van der Waals surface area contributed by atoms with Crippen molar-refractivity contribution in [2.75, 3.05) is 0 Å². The third-order valence-corrected chi connectivity index (χ3v) is 2.72. The Morgan fingerprint density at radius 1 is 1.46 bits per heavy atom. The van der Waals surface area contributed by atoms with Crippen LogP contribution < -0.4 is 0 Å². The minimum absolute atomic E-state index is 0.772. The molecule has 0 saturated heterocycles. The van der Waals surface area contributed by atoms with Crippen LogP contribution in [0.2, 0.25) is 0 Å². The summed E-state index contributed by atoms with van der Waals surface area (Å²) < 4.78 is 0. The zero-order chi connectivity index (χ0) is 9.68.